The molecule has 0 fully saturated rings. The number of hydrogen-bond donors (Lipinski definition) is 2. The molecule has 0 spiro atoms. The normalized spacial score (nSPS) is 11.7. The molecular weight excluding hydrogens is 372 g/mol. The summed E-state index contributed by atoms with van der Waals surface area (Å²) in [6.07, 6.45) is 4.21. The van der Waals surface area contributed by atoms with Crippen molar-refractivity contribution in [2.45, 2.75) is 33.3 Å². The van der Waals surface area contributed by atoms with Gasteiger partial charge >= 0.3 is 0 Å². The molecule has 6 heteroatoms. The first-order chi connectivity index (χ1) is 13.5. The summed E-state index contributed by atoms with van der Waals surface area (Å²) in [5.74, 6) is 1.25. The third-order valence-corrected chi connectivity index (χ3v) is 4.06. The Bertz CT molecular complexity index is 819. The summed E-state index contributed by atoms with van der Waals surface area (Å²) >= 11 is 5.21. The summed E-state index contributed by atoms with van der Waals surface area (Å²) in [5, 5.41) is 5.85. The van der Waals surface area contributed by atoms with Gasteiger partial charge in [0.1, 0.15) is 11.5 Å². The average Bonchev–Trinajstić information content (AvgIpc) is 2.67. The molecule has 2 rings (SSSR count). The Kier molecular flexibility index (Phi) is 8.49. The monoisotopic (exact) mass is 398 g/mol. The van der Waals surface area contributed by atoms with Crippen molar-refractivity contribution in [3.8, 4) is 11.5 Å². The smallest absolute Gasteiger partial charge is 0.250 e. The zero-order valence-corrected chi connectivity index (χ0v) is 17.2. The summed E-state index contributed by atoms with van der Waals surface area (Å²) in [6, 6.07) is 15.0. The number of ether oxygens (including phenoxy) is 2. The number of benzene rings is 2. The maximum Gasteiger partial charge on any atom is 0.250 e. The number of carbonyl (C=O) groups is 1. The minimum Gasteiger partial charge on any atom is -0.494 e. The zero-order valence-electron chi connectivity index (χ0n) is 16.4. The number of carbonyl (C=O) groups excluding carboxylic acids is 1. The van der Waals surface area contributed by atoms with Gasteiger partial charge < -0.3 is 14.8 Å². The van der Waals surface area contributed by atoms with Gasteiger partial charge in [-0.2, -0.15) is 0 Å². The van der Waals surface area contributed by atoms with Gasteiger partial charge in [0.25, 0.3) is 0 Å². The molecule has 2 N–H and O–H groups in total. The van der Waals surface area contributed by atoms with Crippen molar-refractivity contribution in [2.75, 3.05) is 11.9 Å². The van der Waals surface area contributed by atoms with Crippen LogP contribution in [0.1, 0.15) is 32.8 Å². The number of rotatable bonds is 8. The Morgan fingerprint density at radius 1 is 1.14 bits per heavy atom. The molecule has 0 aliphatic carbocycles. The molecule has 1 unspecified atom stereocenters. The van der Waals surface area contributed by atoms with Gasteiger partial charge in [0.15, 0.2) is 5.11 Å². The highest BCUT2D eigenvalue weighted by molar-refractivity contribution is 7.80. The van der Waals surface area contributed by atoms with Crippen molar-refractivity contribution in [1.82, 2.24) is 5.32 Å². The molecule has 1 atom stereocenters. The molecule has 2 aromatic rings. The molecule has 0 bridgehead atoms. The van der Waals surface area contributed by atoms with Crippen LogP contribution in [0.5, 0.6) is 11.5 Å². The first-order valence-electron chi connectivity index (χ1n) is 9.29. The second kappa shape index (κ2) is 11.1. The van der Waals surface area contributed by atoms with Crippen molar-refractivity contribution >= 4 is 35.0 Å². The van der Waals surface area contributed by atoms with Gasteiger partial charge in [-0.1, -0.05) is 25.1 Å². The van der Waals surface area contributed by atoms with Crippen LogP contribution in [-0.4, -0.2) is 23.7 Å². The number of nitrogens with one attached hydrogen (secondary N) is 2. The molecule has 0 heterocycles. The lowest BCUT2D eigenvalue weighted by Crippen LogP contribution is -2.32. The molecule has 0 radical (unpaired) electrons. The highest BCUT2D eigenvalue weighted by atomic mass is 32.1. The molecule has 148 valence electrons. The van der Waals surface area contributed by atoms with E-state index >= 15 is 0 Å². The first-order valence-corrected chi connectivity index (χ1v) is 9.70. The van der Waals surface area contributed by atoms with E-state index in [0.717, 1.165) is 29.2 Å². The van der Waals surface area contributed by atoms with Gasteiger partial charge in [-0.05, 0) is 68.4 Å². The van der Waals surface area contributed by atoms with Crippen LogP contribution in [0.3, 0.4) is 0 Å². The van der Waals surface area contributed by atoms with Crippen LogP contribution in [0.4, 0.5) is 5.69 Å². The molecule has 0 aromatic heterocycles. The second-order valence-corrected chi connectivity index (χ2v) is 6.55. The van der Waals surface area contributed by atoms with E-state index in [1.165, 1.54) is 6.08 Å². The highest BCUT2D eigenvalue weighted by Gasteiger charge is 2.05. The topological polar surface area (TPSA) is 59.6 Å². The minimum absolute atomic E-state index is 0.134. The van der Waals surface area contributed by atoms with Gasteiger partial charge in [0, 0.05) is 17.8 Å². The van der Waals surface area contributed by atoms with Crippen LogP contribution in [0.2, 0.25) is 0 Å². The van der Waals surface area contributed by atoms with Crippen molar-refractivity contribution in [3.05, 3.63) is 60.2 Å². The van der Waals surface area contributed by atoms with Crippen LogP contribution in [-0.2, 0) is 4.79 Å². The van der Waals surface area contributed by atoms with Gasteiger partial charge in [-0.3, -0.25) is 10.1 Å². The van der Waals surface area contributed by atoms with Gasteiger partial charge in [-0.25, -0.2) is 0 Å². The van der Waals surface area contributed by atoms with Crippen LogP contribution >= 0.6 is 12.2 Å². The van der Waals surface area contributed by atoms with E-state index < -0.39 is 0 Å². The maximum absolute atomic E-state index is 12.1. The van der Waals surface area contributed by atoms with Crippen molar-refractivity contribution in [2.24, 2.45) is 0 Å². The quantitative estimate of drug-likeness (QED) is 0.495. The predicted molar refractivity (Wildman–Crippen MR) is 118 cm³/mol. The van der Waals surface area contributed by atoms with E-state index in [9.17, 15) is 4.79 Å². The predicted octanol–water partition coefficient (Wildman–Crippen LogP) is 4.79. The summed E-state index contributed by atoms with van der Waals surface area (Å²) in [7, 11) is 0. The van der Waals surface area contributed by atoms with Gasteiger partial charge in [-0.15, -0.1) is 0 Å². The Morgan fingerprint density at radius 2 is 1.89 bits per heavy atom. The lowest BCUT2D eigenvalue weighted by atomic mass is 10.2. The van der Waals surface area contributed by atoms with Crippen molar-refractivity contribution in [3.63, 3.8) is 0 Å². The summed E-state index contributed by atoms with van der Waals surface area (Å²) < 4.78 is 11.2. The molecule has 0 saturated heterocycles. The minimum atomic E-state index is -0.307. The molecular formula is C22H26N2O3S. The largest absolute Gasteiger partial charge is 0.494 e. The number of amides is 1. The number of hydrogen-bond acceptors (Lipinski definition) is 4. The fourth-order valence-electron chi connectivity index (χ4n) is 2.29. The number of anilines is 1. The lowest BCUT2D eigenvalue weighted by molar-refractivity contribution is -0.115. The van der Waals surface area contributed by atoms with Crippen LogP contribution in [0, 0.1) is 0 Å². The number of thiocarbonyl (C=S) groups is 1. The molecule has 28 heavy (non-hydrogen) atoms. The SMILES string of the molecule is CCOc1ccc(/C=C/C(=O)NC(=S)Nc2cccc(OC(C)CC)c2)cc1. The molecule has 0 saturated carbocycles. The zero-order chi connectivity index (χ0) is 20.4. The van der Waals surface area contributed by atoms with E-state index in [-0.39, 0.29) is 17.1 Å². The highest BCUT2D eigenvalue weighted by Crippen LogP contribution is 2.19. The molecule has 5 nitrogen and oxygen atoms in total. The average molecular weight is 399 g/mol. The molecule has 2 aromatic carbocycles. The molecule has 1 amide bonds. The Labute approximate surface area is 171 Å². The third-order valence-electron chi connectivity index (χ3n) is 3.86. The van der Waals surface area contributed by atoms with Crippen LogP contribution < -0.4 is 20.1 Å². The standard InChI is InChI=1S/C22H26N2O3S/c1-4-16(3)27-20-8-6-7-18(15-20)23-22(28)24-21(25)14-11-17-9-12-19(13-10-17)26-5-2/h6-16H,4-5H2,1-3H3,(H2,23,24,25,28)/b14-11+. The first kappa shape index (κ1) is 21.4. The molecule has 0 aliphatic rings. The van der Waals surface area contributed by atoms with Crippen molar-refractivity contribution in [1.29, 1.82) is 0 Å². The summed E-state index contributed by atoms with van der Waals surface area (Å²) in [6.45, 7) is 6.64. The summed E-state index contributed by atoms with van der Waals surface area (Å²) in [5.41, 5.74) is 1.65. The van der Waals surface area contributed by atoms with E-state index in [4.69, 9.17) is 21.7 Å². The van der Waals surface area contributed by atoms with E-state index in [2.05, 4.69) is 17.6 Å². The van der Waals surface area contributed by atoms with E-state index in [1.807, 2.05) is 62.4 Å². The van der Waals surface area contributed by atoms with Crippen LogP contribution in [0.25, 0.3) is 6.08 Å². The summed E-state index contributed by atoms with van der Waals surface area (Å²) in [4.78, 5) is 12.1. The fraction of sp³-hybridized carbons (Fsp3) is 0.273. The molecule has 0 aliphatic heterocycles. The second-order valence-electron chi connectivity index (χ2n) is 6.14. The maximum atomic E-state index is 12.1. The fourth-order valence-corrected chi connectivity index (χ4v) is 2.51. The lowest BCUT2D eigenvalue weighted by Gasteiger charge is -2.14. The van der Waals surface area contributed by atoms with Crippen molar-refractivity contribution < 1.29 is 14.3 Å². The van der Waals surface area contributed by atoms with E-state index in [0.29, 0.717) is 6.61 Å². The Morgan fingerprint density at radius 3 is 2.57 bits per heavy atom. The Hall–Kier alpha value is -2.86. The van der Waals surface area contributed by atoms with E-state index in [1.54, 1.807) is 6.08 Å². The third kappa shape index (κ3) is 7.40. The Balaban J connectivity index is 1.86. The van der Waals surface area contributed by atoms with Gasteiger partial charge in [0.2, 0.25) is 5.91 Å². The van der Waals surface area contributed by atoms with Gasteiger partial charge in [0.05, 0.1) is 12.7 Å². The van der Waals surface area contributed by atoms with Crippen LogP contribution in [0.15, 0.2) is 54.6 Å².